The molecule has 0 bridgehead atoms. The Hall–Kier alpha value is -4.77. The van der Waals surface area contributed by atoms with E-state index in [1.165, 1.54) is 15.9 Å². The molecule has 2 aliphatic heterocycles. The van der Waals surface area contributed by atoms with E-state index >= 15 is 0 Å². The van der Waals surface area contributed by atoms with Gasteiger partial charge < -0.3 is 24.0 Å². The molecule has 0 radical (unpaired) electrons. The summed E-state index contributed by atoms with van der Waals surface area (Å²) in [6.07, 6.45) is 0.871. The Morgan fingerprint density at radius 1 is 1.00 bits per heavy atom. The molecule has 0 spiro atoms. The number of carboxylic acid groups (broad SMARTS) is 1. The van der Waals surface area contributed by atoms with E-state index in [0.29, 0.717) is 48.3 Å². The molecule has 1 N–H and O–H groups in total. The first-order chi connectivity index (χ1) is 19.4. The molecular formula is C29H27N5O6. The van der Waals surface area contributed by atoms with Gasteiger partial charge in [-0.3, -0.25) is 14.5 Å². The average Bonchev–Trinajstić information content (AvgIpc) is 3.28. The molecule has 2 fully saturated rings. The topological polar surface area (TPSA) is 127 Å². The van der Waals surface area contributed by atoms with E-state index in [4.69, 9.17) is 9.47 Å². The first-order valence-electron chi connectivity index (χ1n) is 13.0. The van der Waals surface area contributed by atoms with Gasteiger partial charge in [0.15, 0.2) is 0 Å². The van der Waals surface area contributed by atoms with E-state index in [1.54, 1.807) is 30.3 Å². The Balaban J connectivity index is 1.18. The Kier molecular flexibility index (Phi) is 6.87. The van der Waals surface area contributed by atoms with Crippen molar-refractivity contribution in [2.24, 2.45) is 0 Å². The Labute approximate surface area is 229 Å². The third-order valence-electron chi connectivity index (χ3n) is 7.07. The van der Waals surface area contributed by atoms with Gasteiger partial charge in [-0.05, 0) is 36.2 Å². The molecule has 0 aliphatic carbocycles. The first kappa shape index (κ1) is 25.5. The number of amides is 2. The molecule has 2 aromatic heterocycles. The van der Waals surface area contributed by atoms with Crippen LogP contribution < -0.4 is 9.64 Å². The monoisotopic (exact) mass is 541 g/mol. The zero-order valence-corrected chi connectivity index (χ0v) is 21.6. The van der Waals surface area contributed by atoms with Gasteiger partial charge in [0.2, 0.25) is 17.7 Å². The predicted octanol–water partition coefficient (Wildman–Crippen LogP) is 2.87. The number of aromatic carboxylic acids is 1. The number of carbonyl (C=O) groups excluding carboxylic acids is 2. The van der Waals surface area contributed by atoms with E-state index in [1.807, 2.05) is 34.9 Å². The number of carboxylic acids is 1. The number of pyridine rings is 1. The number of aromatic nitrogens is 3. The largest absolute Gasteiger partial charge is 0.478 e. The fourth-order valence-corrected chi connectivity index (χ4v) is 4.81. The number of imidazole rings is 1. The van der Waals surface area contributed by atoms with Gasteiger partial charge in [-0.1, -0.05) is 36.4 Å². The maximum absolute atomic E-state index is 13.2. The van der Waals surface area contributed by atoms with E-state index in [-0.39, 0.29) is 43.1 Å². The zero-order valence-electron chi connectivity index (χ0n) is 21.6. The third-order valence-corrected chi connectivity index (χ3v) is 7.07. The van der Waals surface area contributed by atoms with Crippen LogP contribution in [-0.2, 0) is 34.0 Å². The van der Waals surface area contributed by atoms with Gasteiger partial charge in [-0.2, -0.15) is 4.98 Å². The van der Waals surface area contributed by atoms with Crippen molar-refractivity contribution < 1.29 is 29.0 Å². The Bertz CT molecular complexity index is 1580. The zero-order chi connectivity index (χ0) is 27.6. The van der Waals surface area contributed by atoms with Gasteiger partial charge in [0.1, 0.15) is 31.3 Å². The second-order valence-corrected chi connectivity index (χ2v) is 9.77. The SMILES string of the molecule is O=C(O)c1ccc2nc(CN3CC(=O)N(c4cccc(OCc5ccccc5)n4)CC3=O)n(C[C@@H]3CCO3)c2c1. The van der Waals surface area contributed by atoms with Crippen LogP contribution in [0.1, 0.15) is 28.2 Å². The van der Waals surface area contributed by atoms with Crippen LogP contribution in [-0.4, -0.2) is 68.1 Å². The van der Waals surface area contributed by atoms with Crippen LogP contribution in [0.25, 0.3) is 11.0 Å². The number of carbonyl (C=O) groups is 3. The first-order valence-corrected chi connectivity index (χ1v) is 13.0. The van der Waals surface area contributed by atoms with Gasteiger partial charge in [0.05, 0.1) is 35.8 Å². The lowest BCUT2D eigenvalue weighted by molar-refractivity contribution is -0.139. The second kappa shape index (κ2) is 10.8. The molecule has 4 heterocycles. The molecule has 1 atom stereocenters. The predicted molar refractivity (Wildman–Crippen MR) is 144 cm³/mol. The van der Waals surface area contributed by atoms with Crippen molar-refractivity contribution in [2.45, 2.75) is 32.2 Å². The van der Waals surface area contributed by atoms with Gasteiger partial charge in [-0.25, -0.2) is 9.78 Å². The van der Waals surface area contributed by atoms with Crippen molar-refractivity contribution in [3.8, 4) is 5.88 Å². The molecule has 2 saturated heterocycles. The Morgan fingerprint density at radius 3 is 2.58 bits per heavy atom. The molecule has 40 heavy (non-hydrogen) atoms. The summed E-state index contributed by atoms with van der Waals surface area (Å²) in [6.45, 7) is 1.29. The van der Waals surface area contributed by atoms with Crippen molar-refractivity contribution >= 4 is 34.6 Å². The summed E-state index contributed by atoms with van der Waals surface area (Å²) < 4.78 is 13.3. The van der Waals surface area contributed by atoms with Crippen LogP contribution in [0.5, 0.6) is 5.88 Å². The number of anilines is 1. The van der Waals surface area contributed by atoms with Crippen molar-refractivity contribution in [3.63, 3.8) is 0 Å². The van der Waals surface area contributed by atoms with E-state index in [9.17, 15) is 19.5 Å². The Morgan fingerprint density at radius 2 is 1.82 bits per heavy atom. The number of hydrogen-bond donors (Lipinski definition) is 1. The van der Waals surface area contributed by atoms with Gasteiger partial charge in [0.25, 0.3) is 0 Å². The smallest absolute Gasteiger partial charge is 0.335 e. The van der Waals surface area contributed by atoms with E-state index in [0.717, 1.165) is 12.0 Å². The summed E-state index contributed by atoms with van der Waals surface area (Å²) in [5.41, 5.74) is 2.41. The minimum Gasteiger partial charge on any atom is -0.478 e. The number of benzene rings is 2. The maximum atomic E-state index is 13.2. The van der Waals surface area contributed by atoms with Crippen LogP contribution in [0.3, 0.4) is 0 Å². The molecular weight excluding hydrogens is 514 g/mol. The van der Waals surface area contributed by atoms with Crippen molar-refractivity contribution in [3.05, 3.63) is 83.7 Å². The minimum atomic E-state index is -1.03. The van der Waals surface area contributed by atoms with Crippen LogP contribution in [0.4, 0.5) is 5.82 Å². The molecule has 2 amide bonds. The summed E-state index contributed by atoms with van der Waals surface area (Å²) in [5, 5.41) is 9.46. The lowest BCUT2D eigenvalue weighted by Crippen LogP contribution is -2.54. The minimum absolute atomic E-state index is 0.0127. The number of fused-ring (bicyclic) bond motifs is 1. The van der Waals surface area contributed by atoms with Crippen LogP contribution in [0.2, 0.25) is 0 Å². The molecule has 2 aromatic carbocycles. The normalized spacial score (nSPS) is 17.2. The molecule has 2 aliphatic rings. The number of piperazine rings is 1. The highest BCUT2D eigenvalue weighted by Crippen LogP contribution is 2.25. The standard InChI is InChI=1S/C29H27N5O6/c35-27-17-34(24-7-4-8-26(31-24)40-18-19-5-2-1-3-6-19)28(36)16-32(27)15-25-30-22-10-9-20(29(37)38)13-23(22)33(25)14-21-11-12-39-21/h1-10,13,21H,11-12,14-18H2,(H,37,38)/t21-/m0/s1. The highest BCUT2D eigenvalue weighted by Gasteiger charge is 2.33. The lowest BCUT2D eigenvalue weighted by Gasteiger charge is -2.33. The summed E-state index contributed by atoms with van der Waals surface area (Å²) in [6, 6.07) is 19.5. The molecule has 11 nitrogen and oxygen atoms in total. The average molecular weight is 542 g/mol. The van der Waals surface area contributed by atoms with Crippen LogP contribution >= 0.6 is 0 Å². The summed E-state index contributed by atoms with van der Waals surface area (Å²) >= 11 is 0. The maximum Gasteiger partial charge on any atom is 0.335 e. The van der Waals surface area contributed by atoms with Gasteiger partial charge in [0, 0.05) is 12.7 Å². The lowest BCUT2D eigenvalue weighted by atomic mass is 10.1. The van der Waals surface area contributed by atoms with Gasteiger partial charge in [-0.15, -0.1) is 0 Å². The van der Waals surface area contributed by atoms with E-state index < -0.39 is 5.97 Å². The molecule has 4 aromatic rings. The second-order valence-electron chi connectivity index (χ2n) is 9.77. The van der Waals surface area contributed by atoms with E-state index in [2.05, 4.69) is 9.97 Å². The molecule has 0 unspecified atom stereocenters. The molecule has 11 heteroatoms. The quantitative estimate of drug-likeness (QED) is 0.343. The summed E-state index contributed by atoms with van der Waals surface area (Å²) in [5.74, 6) is -0.281. The number of rotatable bonds is 9. The molecule has 204 valence electrons. The van der Waals surface area contributed by atoms with Crippen molar-refractivity contribution in [1.29, 1.82) is 0 Å². The number of hydrogen-bond acceptors (Lipinski definition) is 7. The van der Waals surface area contributed by atoms with Crippen molar-refractivity contribution in [1.82, 2.24) is 19.4 Å². The highest BCUT2D eigenvalue weighted by molar-refractivity contribution is 6.04. The number of nitrogens with zero attached hydrogens (tertiary/aromatic N) is 5. The highest BCUT2D eigenvalue weighted by atomic mass is 16.5. The van der Waals surface area contributed by atoms with Crippen LogP contribution in [0, 0.1) is 0 Å². The molecule has 0 saturated carbocycles. The fourth-order valence-electron chi connectivity index (χ4n) is 4.81. The van der Waals surface area contributed by atoms with Gasteiger partial charge >= 0.3 is 5.97 Å². The number of ether oxygens (including phenoxy) is 2. The summed E-state index contributed by atoms with van der Waals surface area (Å²) in [7, 11) is 0. The van der Waals surface area contributed by atoms with Crippen LogP contribution in [0.15, 0.2) is 66.7 Å². The van der Waals surface area contributed by atoms with Crippen molar-refractivity contribution in [2.75, 3.05) is 24.6 Å². The third kappa shape index (κ3) is 5.23. The fraction of sp³-hybridized carbons (Fsp3) is 0.276. The molecule has 6 rings (SSSR count). The summed E-state index contributed by atoms with van der Waals surface area (Å²) in [4.78, 5) is 49.9.